The number of rotatable bonds is 12. The smallest absolute Gasteiger partial charge is 0.220 e. The van der Waals surface area contributed by atoms with E-state index in [9.17, 15) is 9.59 Å². The molecule has 0 spiro atoms. The average molecular weight is 538 g/mol. The number of unbranched alkanes of at least 4 members (excludes halogenated alkanes) is 1. The normalized spacial score (nSPS) is 12.2. The monoisotopic (exact) mass is 537 g/mol. The zero-order chi connectivity index (χ0) is 28.5. The third-order valence-electron chi connectivity index (χ3n) is 6.96. The molecule has 40 heavy (non-hydrogen) atoms. The van der Waals surface area contributed by atoms with Crippen LogP contribution in [0.2, 0.25) is 0 Å². The molecule has 7 nitrogen and oxygen atoms in total. The Morgan fingerprint density at radius 1 is 0.950 bits per heavy atom. The summed E-state index contributed by atoms with van der Waals surface area (Å²) in [7, 11) is 0. The molecule has 0 saturated heterocycles. The van der Waals surface area contributed by atoms with Gasteiger partial charge >= 0.3 is 0 Å². The van der Waals surface area contributed by atoms with Crippen LogP contribution in [0.5, 0.6) is 0 Å². The van der Waals surface area contributed by atoms with Gasteiger partial charge in [0.1, 0.15) is 0 Å². The summed E-state index contributed by atoms with van der Waals surface area (Å²) in [6.07, 6.45) is 6.94. The summed E-state index contributed by atoms with van der Waals surface area (Å²) in [6, 6.07) is 24.1. The second-order valence-corrected chi connectivity index (χ2v) is 11.3. The summed E-state index contributed by atoms with van der Waals surface area (Å²) in [5.41, 5.74) is 11.9. The van der Waals surface area contributed by atoms with Crippen molar-refractivity contribution in [3.63, 3.8) is 0 Å². The van der Waals surface area contributed by atoms with Crippen molar-refractivity contribution >= 4 is 11.8 Å². The van der Waals surface area contributed by atoms with E-state index in [4.69, 9.17) is 10.8 Å². The zero-order valence-electron chi connectivity index (χ0n) is 23.6. The summed E-state index contributed by atoms with van der Waals surface area (Å²) in [6.45, 7) is 6.62. The third-order valence-corrected chi connectivity index (χ3v) is 6.96. The number of pyridine rings is 1. The van der Waals surface area contributed by atoms with Gasteiger partial charge < -0.3 is 11.1 Å². The molecule has 4 rings (SSSR count). The van der Waals surface area contributed by atoms with Crippen molar-refractivity contribution in [2.24, 2.45) is 5.73 Å². The molecular formula is C33H39N5O2. The van der Waals surface area contributed by atoms with Crippen LogP contribution in [0.25, 0.3) is 16.9 Å². The summed E-state index contributed by atoms with van der Waals surface area (Å²) < 4.78 is 2.00. The van der Waals surface area contributed by atoms with Crippen molar-refractivity contribution in [3.05, 3.63) is 102 Å². The number of carbonyl (C=O) groups excluding carboxylic acids is 2. The van der Waals surface area contributed by atoms with Crippen LogP contribution in [0.15, 0.2) is 85.2 Å². The Labute approximate surface area is 236 Å². The molecule has 0 aliphatic carbocycles. The van der Waals surface area contributed by atoms with E-state index in [1.54, 1.807) is 12.4 Å². The highest BCUT2D eigenvalue weighted by Crippen LogP contribution is 2.26. The van der Waals surface area contributed by atoms with Gasteiger partial charge in [0.05, 0.1) is 11.4 Å². The van der Waals surface area contributed by atoms with Crippen LogP contribution in [0.4, 0.5) is 0 Å². The van der Waals surface area contributed by atoms with Crippen LogP contribution in [0.1, 0.15) is 63.3 Å². The molecule has 0 aliphatic rings. The number of hydrogen-bond acceptors (Lipinski definition) is 4. The Kier molecular flexibility index (Phi) is 9.48. The first-order valence-corrected chi connectivity index (χ1v) is 13.9. The van der Waals surface area contributed by atoms with Crippen LogP contribution in [0, 0.1) is 0 Å². The molecule has 208 valence electrons. The van der Waals surface area contributed by atoms with Crippen LogP contribution >= 0.6 is 0 Å². The lowest BCUT2D eigenvalue weighted by molar-refractivity contribution is -0.122. The largest absolute Gasteiger partial charge is 0.370 e. The van der Waals surface area contributed by atoms with Crippen molar-refractivity contribution in [3.8, 4) is 16.9 Å². The fraction of sp³-hybridized carbons (Fsp3) is 0.333. The van der Waals surface area contributed by atoms with E-state index in [2.05, 4.69) is 61.4 Å². The third kappa shape index (κ3) is 8.12. The Morgan fingerprint density at radius 3 is 2.30 bits per heavy atom. The van der Waals surface area contributed by atoms with Crippen LogP contribution < -0.4 is 11.1 Å². The van der Waals surface area contributed by atoms with Crippen molar-refractivity contribution in [1.29, 1.82) is 0 Å². The molecule has 2 amide bonds. The lowest BCUT2D eigenvalue weighted by atomic mass is 9.87. The summed E-state index contributed by atoms with van der Waals surface area (Å²) in [5, 5.41) is 7.94. The summed E-state index contributed by atoms with van der Waals surface area (Å²) in [4.78, 5) is 28.4. The molecule has 0 bridgehead atoms. The Hall–Kier alpha value is -4.26. The predicted octanol–water partition coefficient (Wildman–Crippen LogP) is 5.55. The van der Waals surface area contributed by atoms with Crippen molar-refractivity contribution in [2.45, 2.75) is 70.8 Å². The molecule has 3 N–H and O–H groups in total. The highest BCUT2D eigenvalue weighted by molar-refractivity contribution is 5.78. The number of aryl methyl sites for hydroxylation is 1. The van der Waals surface area contributed by atoms with Crippen LogP contribution in [-0.2, 0) is 27.8 Å². The summed E-state index contributed by atoms with van der Waals surface area (Å²) >= 11 is 0. The first kappa shape index (κ1) is 28.7. The van der Waals surface area contributed by atoms with Gasteiger partial charge in [0, 0.05) is 42.5 Å². The molecule has 2 aromatic carbocycles. The predicted molar refractivity (Wildman–Crippen MR) is 159 cm³/mol. The van der Waals surface area contributed by atoms with Gasteiger partial charge in [0.15, 0.2) is 0 Å². The van der Waals surface area contributed by atoms with Gasteiger partial charge in [-0.25, -0.2) is 4.68 Å². The Bertz CT molecular complexity index is 1390. The van der Waals surface area contributed by atoms with E-state index >= 15 is 0 Å². The number of nitrogens with two attached hydrogens (primary N) is 1. The van der Waals surface area contributed by atoms with Crippen molar-refractivity contribution < 1.29 is 9.59 Å². The second kappa shape index (κ2) is 13.2. The van der Waals surface area contributed by atoms with E-state index in [0.29, 0.717) is 12.8 Å². The minimum Gasteiger partial charge on any atom is -0.370 e. The van der Waals surface area contributed by atoms with E-state index in [-0.39, 0.29) is 23.8 Å². The minimum absolute atomic E-state index is 0.0640. The number of hydrogen-bond donors (Lipinski definition) is 2. The number of nitrogens with zero attached hydrogens (tertiary/aromatic N) is 3. The molecule has 0 saturated carbocycles. The molecule has 4 aromatic rings. The SMILES string of the molecule is CC(C)(C)c1ccc(-n2nc(-c3ccncc3)cc2CCCCC(=O)N[C@H](CC(N)=O)Cc2ccccc2)cc1. The fourth-order valence-corrected chi connectivity index (χ4v) is 4.79. The van der Waals surface area contributed by atoms with E-state index in [1.165, 1.54) is 5.56 Å². The Balaban J connectivity index is 1.40. The molecule has 2 aromatic heterocycles. The van der Waals surface area contributed by atoms with Gasteiger partial charge in [-0.15, -0.1) is 0 Å². The highest BCUT2D eigenvalue weighted by Gasteiger charge is 2.17. The van der Waals surface area contributed by atoms with E-state index < -0.39 is 5.91 Å². The molecule has 0 aliphatic heterocycles. The second-order valence-electron chi connectivity index (χ2n) is 11.3. The standard InChI is InChI=1S/C33H39N5O2/c1-33(2,3)26-13-15-28(16-14-26)38-29(23-30(37-38)25-17-19-35-20-18-25)11-7-8-12-32(40)36-27(22-31(34)39)21-24-9-5-4-6-10-24/h4-6,9-10,13-20,23,27H,7-8,11-12,21-22H2,1-3H3,(H2,34,39)(H,36,40)/t27-/m0/s1. The highest BCUT2D eigenvalue weighted by atomic mass is 16.2. The molecule has 2 heterocycles. The molecule has 1 atom stereocenters. The molecule has 0 unspecified atom stereocenters. The lowest BCUT2D eigenvalue weighted by Crippen LogP contribution is -2.39. The number of amides is 2. The molecular weight excluding hydrogens is 498 g/mol. The number of aromatic nitrogens is 3. The number of primary amides is 1. The van der Waals surface area contributed by atoms with Gasteiger partial charge in [-0.05, 0) is 72.6 Å². The topological polar surface area (TPSA) is 103 Å². The van der Waals surface area contributed by atoms with Crippen molar-refractivity contribution in [1.82, 2.24) is 20.1 Å². The number of benzene rings is 2. The first-order chi connectivity index (χ1) is 19.2. The minimum atomic E-state index is -0.421. The van der Waals surface area contributed by atoms with Gasteiger partial charge in [-0.1, -0.05) is 63.2 Å². The van der Waals surface area contributed by atoms with E-state index in [0.717, 1.165) is 47.5 Å². The van der Waals surface area contributed by atoms with Gasteiger partial charge in [-0.3, -0.25) is 14.6 Å². The van der Waals surface area contributed by atoms with Gasteiger partial charge in [0.25, 0.3) is 0 Å². The first-order valence-electron chi connectivity index (χ1n) is 13.9. The maximum Gasteiger partial charge on any atom is 0.220 e. The lowest BCUT2D eigenvalue weighted by Gasteiger charge is -2.19. The quantitative estimate of drug-likeness (QED) is 0.231. The van der Waals surface area contributed by atoms with Gasteiger partial charge in [-0.2, -0.15) is 5.10 Å². The van der Waals surface area contributed by atoms with Gasteiger partial charge in [0.2, 0.25) is 11.8 Å². The zero-order valence-corrected chi connectivity index (χ0v) is 23.6. The van der Waals surface area contributed by atoms with Crippen LogP contribution in [-0.4, -0.2) is 32.6 Å². The van der Waals surface area contributed by atoms with Crippen molar-refractivity contribution in [2.75, 3.05) is 0 Å². The molecule has 0 fully saturated rings. The molecule has 0 radical (unpaired) electrons. The maximum absolute atomic E-state index is 12.7. The fourth-order valence-electron chi connectivity index (χ4n) is 4.79. The van der Waals surface area contributed by atoms with Crippen LogP contribution in [0.3, 0.4) is 0 Å². The van der Waals surface area contributed by atoms with E-state index in [1.807, 2.05) is 47.1 Å². The Morgan fingerprint density at radius 2 is 1.65 bits per heavy atom. The average Bonchev–Trinajstić information content (AvgIpc) is 3.35. The maximum atomic E-state index is 12.7. The summed E-state index contributed by atoms with van der Waals surface area (Å²) in [5.74, 6) is -0.485. The number of carbonyl (C=O) groups is 2. The number of nitrogens with one attached hydrogen (secondary N) is 1. The molecule has 7 heteroatoms.